The van der Waals surface area contributed by atoms with Crippen LogP contribution in [-0.4, -0.2) is 26.3 Å². The molecule has 0 aliphatic rings. The van der Waals surface area contributed by atoms with Gasteiger partial charge < -0.3 is 5.11 Å². The van der Waals surface area contributed by atoms with Crippen molar-refractivity contribution in [2.24, 2.45) is 0 Å². The molecule has 1 aromatic rings. The summed E-state index contributed by atoms with van der Waals surface area (Å²) in [5, 5.41) is 10.1. The van der Waals surface area contributed by atoms with Gasteiger partial charge in [-0.05, 0) is 20.3 Å². The van der Waals surface area contributed by atoms with Gasteiger partial charge in [-0.25, -0.2) is 14.8 Å². The number of hydrogen-bond acceptors (Lipinski definition) is 4. The van der Waals surface area contributed by atoms with Crippen molar-refractivity contribution in [1.29, 1.82) is 0 Å². The zero-order chi connectivity index (χ0) is 13.0. The Morgan fingerprint density at radius 2 is 2.06 bits per heavy atom. The quantitative estimate of drug-likeness (QED) is 0.646. The van der Waals surface area contributed by atoms with Gasteiger partial charge in [0, 0.05) is 5.25 Å². The van der Waals surface area contributed by atoms with E-state index in [0.29, 0.717) is 21.8 Å². The molecule has 17 heavy (non-hydrogen) atoms. The molecule has 1 aromatic heterocycles. The molecule has 1 unspecified atom stereocenters. The number of aromatic nitrogens is 2. The van der Waals surface area contributed by atoms with Crippen LogP contribution in [0.1, 0.15) is 48.6 Å². The van der Waals surface area contributed by atoms with Gasteiger partial charge in [-0.1, -0.05) is 20.3 Å². The predicted octanol–water partition coefficient (Wildman–Crippen LogP) is 3.07. The molecule has 4 nitrogen and oxygen atoms in total. The number of aryl methyl sites for hydroxylation is 2. The Morgan fingerprint density at radius 3 is 2.59 bits per heavy atom. The van der Waals surface area contributed by atoms with E-state index in [2.05, 4.69) is 23.8 Å². The third-order valence-electron chi connectivity index (χ3n) is 2.39. The predicted molar refractivity (Wildman–Crippen MR) is 68.7 cm³/mol. The number of nitrogens with zero attached hydrogens (tertiary/aromatic N) is 2. The highest BCUT2D eigenvalue weighted by molar-refractivity contribution is 7.99. The van der Waals surface area contributed by atoms with Crippen molar-refractivity contribution in [3.63, 3.8) is 0 Å². The molecular weight excluding hydrogens is 236 g/mol. The minimum Gasteiger partial charge on any atom is -0.478 e. The maximum absolute atomic E-state index is 11.2. The van der Waals surface area contributed by atoms with E-state index in [-0.39, 0.29) is 5.56 Å². The van der Waals surface area contributed by atoms with Gasteiger partial charge in [-0.3, -0.25) is 0 Å². The summed E-state index contributed by atoms with van der Waals surface area (Å²) in [7, 11) is 0. The van der Waals surface area contributed by atoms with Gasteiger partial charge in [0.2, 0.25) is 0 Å². The summed E-state index contributed by atoms with van der Waals surface area (Å²) in [6, 6.07) is 0. The molecule has 0 amide bonds. The number of carboxylic acid groups (broad SMARTS) is 1. The third-order valence-corrected chi connectivity index (χ3v) is 3.55. The Labute approximate surface area is 106 Å². The lowest BCUT2D eigenvalue weighted by molar-refractivity contribution is 0.0690. The fourth-order valence-electron chi connectivity index (χ4n) is 1.67. The summed E-state index contributed by atoms with van der Waals surface area (Å²) in [5.74, 6) is -0.326. The SMILES string of the molecule is CCCC(C)Sc1nc(C)nc(C)c1C(=O)O. The molecule has 0 aliphatic carbocycles. The van der Waals surface area contributed by atoms with Gasteiger partial charge in [-0.15, -0.1) is 11.8 Å². The molecule has 0 saturated carbocycles. The first-order valence-corrected chi connectivity index (χ1v) is 6.58. The van der Waals surface area contributed by atoms with Crippen LogP contribution >= 0.6 is 11.8 Å². The highest BCUT2D eigenvalue weighted by Crippen LogP contribution is 2.28. The van der Waals surface area contributed by atoms with Crippen LogP contribution in [0.25, 0.3) is 0 Å². The minimum atomic E-state index is -0.950. The van der Waals surface area contributed by atoms with Crippen molar-refractivity contribution in [1.82, 2.24) is 9.97 Å². The van der Waals surface area contributed by atoms with E-state index in [9.17, 15) is 9.90 Å². The Hall–Kier alpha value is -1.10. The van der Waals surface area contributed by atoms with Crippen LogP contribution in [0.2, 0.25) is 0 Å². The first-order valence-electron chi connectivity index (χ1n) is 5.70. The van der Waals surface area contributed by atoms with Gasteiger partial charge in [-0.2, -0.15) is 0 Å². The Kier molecular flexibility index (Phi) is 4.93. The number of carbonyl (C=O) groups is 1. The summed E-state index contributed by atoms with van der Waals surface area (Å²) in [4.78, 5) is 19.6. The average molecular weight is 254 g/mol. The van der Waals surface area contributed by atoms with E-state index in [1.54, 1.807) is 13.8 Å². The molecule has 1 atom stereocenters. The molecule has 0 saturated heterocycles. The minimum absolute atomic E-state index is 0.239. The molecule has 0 aromatic carbocycles. The first kappa shape index (κ1) is 14.0. The molecule has 1 heterocycles. The van der Waals surface area contributed by atoms with Crippen LogP contribution < -0.4 is 0 Å². The van der Waals surface area contributed by atoms with Crippen molar-refractivity contribution < 1.29 is 9.90 Å². The molecule has 94 valence electrons. The summed E-state index contributed by atoms with van der Waals surface area (Å²) < 4.78 is 0. The number of aromatic carboxylic acids is 1. The van der Waals surface area contributed by atoms with Crippen LogP contribution in [0.5, 0.6) is 0 Å². The molecular formula is C12H18N2O2S. The molecule has 1 rings (SSSR count). The Bertz CT molecular complexity index is 421. The summed E-state index contributed by atoms with van der Waals surface area (Å²) in [6.07, 6.45) is 2.13. The number of thioether (sulfide) groups is 1. The molecule has 0 aliphatic heterocycles. The third kappa shape index (κ3) is 3.70. The highest BCUT2D eigenvalue weighted by Gasteiger charge is 2.19. The van der Waals surface area contributed by atoms with Crippen LogP contribution in [0, 0.1) is 13.8 Å². The van der Waals surface area contributed by atoms with Crippen molar-refractivity contribution >= 4 is 17.7 Å². The average Bonchev–Trinajstić information content (AvgIpc) is 2.15. The lowest BCUT2D eigenvalue weighted by Crippen LogP contribution is -2.09. The van der Waals surface area contributed by atoms with Crippen LogP contribution in [0.3, 0.4) is 0 Å². The zero-order valence-electron chi connectivity index (χ0n) is 10.6. The summed E-state index contributed by atoms with van der Waals surface area (Å²) in [5.41, 5.74) is 0.778. The second-order valence-corrected chi connectivity index (χ2v) is 5.49. The Morgan fingerprint density at radius 1 is 1.41 bits per heavy atom. The van der Waals surface area contributed by atoms with Gasteiger partial charge in [0.05, 0.1) is 5.69 Å². The van der Waals surface area contributed by atoms with Crippen LogP contribution in [0.15, 0.2) is 5.03 Å². The van der Waals surface area contributed by atoms with E-state index in [0.717, 1.165) is 12.8 Å². The van der Waals surface area contributed by atoms with Crippen LogP contribution in [-0.2, 0) is 0 Å². The van der Waals surface area contributed by atoms with Crippen molar-refractivity contribution in [3.05, 3.63) is 17.1 Å². The smallest absolute Gasteiger partial charge is 0.340 e. The Balaban J connectivity index is 3.08. The first-order chi connectivity index (χ1) is 7.95. The fourth-order valence-corrected chi connectivity index (χ4v) is 2.94. The molecule has 1 N–H and O–H groups in total. The maximum atomic E-state index is 11.2. The van der Waals surface area contributed by atoms with Crippen molar-refractivity contribution in [2.75, 3.05) is 0 Å². The number of rotatable bonds is 5. The topological polar surface area (TPSA) is 63.1 Å². The second-order valence-electron chi connectivity index (χ2n) is 4.06. The second kappa shape index (κ2) is 6.00. The highest BCUT2D eigenvalue weighted by atomic mass is 32.2. The van der Waals surface area contributed by atoms with Gasteiger partial charge in [0.1, 0.15) is 16.4 Å². The molecule has 0 fully saturated rings. The van der Waals surface area contributed by atoms with E-state index >= 15 is 0 Å². The summed E-state index contributed by atoms with van der Waals surface area (Å²) in [6.45, 7) is 7.71. The van der Waals surface area contributed by atoms with Crippen molar-refractivity contribution in [3.8, 4) is 0 Å². The molecule has 0 spiro atoms. The van der Waals surface area contributed by atoms with Crippen molar-refractivity contribution in [2.45, 2.75) is 50.8 Å². The molecule has 0 bridgehead atoms. The molecule has 5 heteroatoms. The largest absolute Gasteiger partial charge is 0.478 e. The lowest BCUT2D eigenvalue weighted by atomic mass is 10.2. The number of carboxylic acids is 1. The van der Waals surface area contributed by atoms with E-state index in [1.807, 2.05) is 0 Å². The van der Waals surface area contributed by atoms with E-state index in [4.69, 9.17) is 0 Å². The van der Waals surface area contributed by atoms with Gasteiger partial charge in [0.25, 0.3) is 0 Å². The number of hydrogen-bond donors (Lipinski definition) is 1. The van der Waals surface area contributed by atoms with Crippen LogP contribution in [0.4, 0.5) is 0 Å². The van der Waals surface area contributed by atoms with E-state index in [1.165, 1.54) is 11.8 Å². The zero-order valence-corrected chi connectivity index (χ0v) is 11.5. The fraction of sp³-hybridized carbons (Fsp3) is 0.583. The summed E-state index contributed by atoms with van der Waals surface area (Å²) >= 11 is 1.52. The standard InChI is InChI=1S/C12H18N2O2S/c1-5-6-7(2)17-11-10(12(15)16)8(3)13-9(4)14-11/h7H,5-6H2,1-4H3,(H,15,16). The van der Waals surface area contributed by atoms with Gasteiger partial charge in [0.15, 0.2) is 0 Å². The maximum Gasteiger partial charge on any atom is 0.340 e. The van der Waals surface area contributed by atoms with Gasteiger partial charge >= 0.3 is 5.97 Å². The molecule has 0 radical (unpaired) electrons. The lowest BCUT2D eigenvalue weighted by Gasteiger charge is -2.12. The monoisotopic (exact) mass is 254 g/mol. The van der Waals surface area contributed by atoms with E-state index < -0.39 is 5.97 Å². The normalized spacial score (nSPS) is 12.5.